The lowest BCUT2D eigenvalue weighted by molar-refractivity contribution is 1.06. The molecule has 122 valence electrons. The maximum atomic E-state index is 4.54. The van der Waals surface area contributed by atoms with Crippen LogP contribution in [-0.2, 0) is 0 Å². The Bertz CT molecular complexity index is 976. The lowest BCUT2D eigenvalue weighted by atomic mass is 10.2. The average molecular weight is 328 g/mol. The van der Waals surface area contributed by atoms with Gasteiger partial charge in [-0.3, -0.25) is 4.98 Å². The van der Waals surface area contributed by atoms with Gasteiger partial charge in [0.05, 0.1) is 17.7 Å². The maximum Gasteiger partial charge on any atom is 0.227 e. The minimum atomic E-state index is 0.549. The van der Waals surface area contributed by atoms with Crippen LogP contribution in [0.25, 0.3) is 16.9 Å². The molecule has 0 amide bonds. The van der Waals surface area contributed by atoms with E-state index >= 15 is 0 Å². The van der Waals surface area contributed by atoms with Gasteiger partial charge in [0.15, 0.2) is 0 Å². The van der Waals surface area contributed by atoms with E-state index in [4.69, 9.17) is 0 Å². The molecule has 1 aromatic carbocycles. The van der Waals surface area contributed by atoms with Gasteiger partial charge in [-0.15, -0.1) is 0 Å². The van der Waals surface area contributed by atoms with E-state index < -0.39 is 0 Å². The second kappa shape index (κ2) is 6.52. The van der Waals surface area contributed by atoms with Crippen LogP contribution < -0.4 is 5.32 Å². The van der Waals surface area contributed by atoms with E-state index in [0.29, 0.717) is 5.95 Å². The van der Waals surface area contributed by atoms with E-state index in [9.17, 15) is 0 Å². The number of benzene rings is 1. The standard InChI is InChI=1S/C19H16N6/c1-14-12-25(13-22-14)17-6-4-16(5-7-17)23-19-21-10-8-18(24-19)15-3-2-9-20-11-15/h2-13H,1H3,(H,21,23,24). The number of hydrogen-bond acceptors (Lipinski definition) is 5. The molecule has 0 radical (unpaired) electrons. The zero-order chi connectivity index (χ0) is 17.1. The normalized spacial score (nSPS) is 10.6. The lowest BCUT2D eigenvalue weighted by Gasteiger charge is -2.08. The fraction of sp³-hybridized carbons (Fsp3) is 0.0526. The van der Waals surface area contributed by atoms with Gasteiger partial charge in [0.2, 0.25) is 5.95 Å². The molecule has 0 bridgehead atoms. The van der Waals surface area contributed by atoms with E-state index in [0.717, 1.165) is 28.3 Å². The molecule has 6 nitrogen and oxygen atoms in total. The summed E-state index contributed by atoms with van der Waals surface area (Å²) in [5.41, 5.74) is 4.75. The number of aromatic nitrogens is 5. The van der Waals surface area contributed by atoms with E-state index in [1.165, 1.54) is 0 Å². The van der Waals surface area contributed by atoms with E-state index in [1.807, 2.05) is 60.2 Å². The molecule has 25 heavy (non-hydrogen) atoms. The minimum Gasteiger partial charge on any atom is -0.324 e. The van der Waals surface area contributed by atoms with Crippen LogP contribution in [-0.4, -0.2) is 24.5 Å². The summed E-state index contributed by atoms with van der Waals surface area (Å²) in [6, 6.07) is 13.8. The van der Waals surface area contributed by atoms with Crippen LogP contribution in [0.1, 0.15) is 5.69 Å². The molecule has 0 saturated carbocycles. The Labute approximate surface area is 145 Å². The summed E-state index contributed by atoms with van der Waals surface area (Å²) < 4.78 is 1.98. The van der Waals surface area contributed by atoms with Crippen LogP contribution in [0, 0.1) is 6.92 Å². The van der Waals surface area contributed by atoms with E-state index in [1.54, 1.807) is 24.9 Å². The second-order valence-electron chi connectivity index (χ2n) is 5.60. The lowest BCUT2D eigenvalue weighted by Crippen LogP contribution is -1.98. The van der Waals surface area contributed by atoms with Crippen LogP contribution in [0.3, 0.4) is 0 Å². The number of hydrogen-bond donors (Lipinski definition) is 1. The van der Waals surface area contributed by atoms with Crippen molar-refractivity contribution >= 4 is 11.6 Å². The van der Waals surface area contributed by atoms with E-state index in [2.05, 4.69) is 25.3 Å². The molecule has 0 aliphatic heterocycles. The Morgan fingerprint density at radius 1 is 0.960 bits per heavy atom. The highest BCUT2D eigenvalue weighted by Crippen LogP contribution is 2.19. The average Bonchev–Trinajstić information content (AvgIpc) is 3.10. The van der Waals surface area contributed by atoms with Crippen molar-refractivity contribution in [1.29, 1.82) is 0 Å². The molecule has 1 N–H and O–H groups in total. The molecule has 0 atom stereocenters. The summed E-state index contributed by atoms with van der Waals surface area (Å²) in [4.78, 5) is 17.2. The van der Waals surface area contributed by atoms with Crippen molar-refractivity contribution in [2.24, 2.45) is 0 Å². The summed E-state index contributed by atoms with van der Waals surface area (Å²) >= 11 is 0. The largest absolute Gasteiger partial charge is 0.324 e. The third kappa shape index (κ3) is 3.37. The molecular weight excluding hydrogens is 312 g/mol. The SMILES string of the molecule is Cc1cn(-c2ccc(Nc3nccc(-c4cccnc4)n3)cc2)cn1. The molecule has 6 heteroatoms. The number of nitrogens with one attached hydrogen (secondary N) is 1. The Morgan fingerprint density at radius 3 is 2.56 bits per heavy atom. The zero-order valence-corrected chi connectivity index (χ0v) is 13.7. The Balaban J connectivity index is 1.54. The predicted octanol–water partition coefficient (Wildman–Crippen LogP) is 3.78. The number of aryl methyl sites for hydroxylation is 1. The molecule has 0 saturated heterocycles. The van der Waals surface area contributed by atoms with Gasteiger partial charge in [-0.1, -0.05) is 0 Å². The fourth-order valence-electron chi connectivity index (χ4n) is 2.50. The number of anilines is 2. The smallest absolute Gasteiger partial charge is 0.227 e. The number of pyridine rings is 1. The first-order valence-electron chi connectivity index (χ1n) is 7.89. The quantitative estimate of drug-likeness (QED) is 0.617. The van der Waals surface area contributed by atoms with Crippen LogP contribution >= 0.6 is 0 Å². The van der Waals surface area contributed by atoms with Gasteiger partial charge >= 0.3 is 0 Å². The van der Waals surface area contributed by atoms with Crippen molar-refractivity contribution in [2.75, 3.05) is 5.32 Å². The maximum absolute atomic E-state index is 4.54. The molecule has 0 fully saturated rings. The number of nitrogens with zero attached hydrogens (tertiary/aromatic N) is 5. The summed E-state index contributed by atoms with van der Waals surface area (Å²) in [6.07, 6.45) is 9.06. The molecule has 0 unspecified atom stereocenters. The van der Waals surface area contributed by atoms with Crippen LogP contribution in [0.2, 0.25) is 0 Å². The third-order valence-electron chi connectivity index (χ3n) is 3.75. The van der Waals surface area contributed by atoms with Crippen molar-refractivity contribution in [3.8, 4) is 16.9 Å². The van der Waals surface area contributed by atoms with Gasteiger partial charge in [-0.2, -0.15) is 0 Å². The molecule has 0 aliphatic rings. The Hall–Kier alpha value is -3.54. The van der Waals surface area contributed by atoms with Crippen LogP contribution in [0.15, 0.2) is 73.6 Å². The van der Waals surface area contributed by atoms with Gasteiger partial charge in [-0.05, 0) is 49.4 Å². The minimum absolute atomic E-state index is 0.549. The van der Waals surface area contributed by atoms with Gasteiger partial charge in [0.25, 0.3) is 0 Å². The van der Waals surface area contributed by atoms with Crippen LogP contribution in [0.4, 0.5) is 11.6 Å². The van der Waals surface area contributed by atoms with Crippen molar-refractivity contribution in [3.63, 3.8) is 0 Å². The summed E-state index contributed by atoms with van der Waals surface area (Å²) in [6.45, 7) is 1.97. The monoisotopic (exact) mass is 328 g/mol. The molecule has 4 aromatic rings. The Morgan fingerprint density at radius 2 is 1.84 bits per heavy atom. The van der Waals surface area contributed by atoms with Crippen LogP contribution in [0.5, 0.6) is 0 Å². The molecular formula is C19H16N6. The summed E-state index contributed by atoms with van der Waals surface area (Å²) in [5, 5.41) is 3.23. The highest BCUT2D eigenvalue weighted by Gasteiger charge is 2.03. The topological polar surface area (TPSA) is 68.5 Å². The first-order valence-corrected chi connectivity index (χ1v) is 7.89. The van der Waals surface area contributed by atoms with Gasteiger partial charge in [0, 0.05) is 41.7 Å². The molecule has 0 aliphatic carbocycles. The summed E-state index contributed by atoms with van der Waals surface area (Å²) in [5.74, 6) is 0.549. The molecule has 3 heterocycles. The number of imidazole rings is 1. The van der Waals surface area contributed by atoms with Gasteiger partial charge < -0.3 is 9.88 Å². The predicted molar refractivity (Wildman–Crippen MR) is 96.8 cm³/mol. The molecule has 0 spiro atoms. The fourth-order valence-corrected chi connectivity index (χ4v) is 2.50. The van der Waals surface area contributed by atoms with Crippen molar-refractivity contribution < 1.29 is 0 Å². The van der Waals surface area contributed by atoms with Gasteiger partial charge in [-0.25, -0.2) is 15.0 Å². The molecule has 4 rings (SSSR count). The summed E-state index contributed by atoms with van der Waals surface area (Å²) in [7, 11) is 0. The first kappa shape index (κ1) is 15.0. The van der Waals surface area contributed by atoms with Crippen molar-refractivity contribution in [2.45, 2.75) is 6.92 Å². The Kier molecular flexibility index (Phi) is 3.92. The highest BCUT2D eigenvalue weighted by atomic mass is 15.1. The number of rotatable bonds is 4. The first-order chi connectivity index (χ1) is 12.3. The highest BCUT2D eigenvalue weighted by molar-refractivity contribution is 5.61. The third-order valence-corrected chi connectivity index (χ3v) is 3.75. The van der Waals surface area contributed by atoms with Gasteiger partial charge in [0.1, 0.15) is 0 Å². The zero-order valence-electron chi connectivity index (χ0n) is 13.7. The van der Waals surface area contributed by atoms with E-state index in [-0.39, 0.29) is 0 Å². The second-order valence-corrected chi connectivity index (χ2v) is 5.60. The molecule has 3 aromatic heterocycles. The van der Waals surface area contributed by atoms with Crippen molar-refractivity contribution in [3.05, 3.63) is 79.3 Å². The van der Waals surface area contributed by atoms with Crippen molar-refractivity contribution in [1.82, 2.24) is 24.5 Å².